The summed E-state index contributed by atoms with van der Waals surface area (Å²) in [6, 6.07) is 8.28. The average molecular weight is 269 g/mol. The lowest BCUT2D eigenvalue weighted by molar-refractivity contribution is -0.143. The first kappa shape index (κ1) is 13.6. The number of hydrogen-bond acceptors (Lipinski definition) is 2. The van der Waals surface area contributed by atoms with Gasteiger partial charge in [0, 0.05) is 5.56 Å². The molecule has 2 aromatic rings. The summed E-state index contributed by atoms with van der Waals surface area (Å²) in [5.41, 5.74) is 5.21. The molecule has 2 N–H and O–H groups in total. The van der Waals surface area contributed by atoms with Crippen molar-refractivity contribution in [1.29, 1.82) is 0 Å². The van der Waals surface area contributed by atoms with Gasteiger partial charge in [0.25, 0.3) is 0 Å². The third-order valence-corrected chi connectivity index (χ3v) is 2.76. The zero-order chi connectivity index (χ0) is 13.9. The molecular formula is C13H14F3N3. The molecule has 0 saturated heterocycles. The van der Waals surface area contributed by atoms with Crippen molar-refractivity contribution in [1.82, 2.24) is 9.78 Å². The van der Waals surface area contributed by atoms with Crippen molar-refractivity contribution in [2.24, 2.45) is 5.73 Å². The first-order chi connectivity index (χ1) is 9.04. The lowest BCUT2D eigenvalue weighted by Gasteiger charge is -2.12. The standard InChI is InChI=1S/C13H14F3N3/c14-13(15,16)12-10(5-4-8-17)9-18-19(12)11-6-2-1-3-7-11/h1-3,6-7,9H,4-5,8,17H2. The number of nitrogens with zero attached hydrogens (tertiary/aromatic N) is 2. The van der Waals surface area contributed by atoms with E-state index in [0.717, 1.165) is 4.68 Å². The van der Waals surface area contributed by atoms with Crippen molar-refractivity contribution in [3.05, 3.63) is 47.8 Å². The first-order valence-electron chi connectivity index (χ1n) is 5.93. The van der Waals surface area contributed by atoms with Crippen LogP contribution in [0, 0.1) is 0 Å². The lowest BCUT2D eigenvalue weighted by atomic mass is 10.1. The summed E-state index contributed by atoms with van der Waals surface area (Å²) in [4.78, 5) is 0. The minimum absolute atomic E-state index is 0.182. The summed E-state index contributed by atoms with van der Waals surface area (Å²) in [5, 5.41) is 3.86. The summed E-state index contributed by atoms with van der Waals surface area (Å²) < 4.78 is 40.4. The molecule has 102 valence electrons. The molecule has 0 spiro atoms. The van der Waals surface area contributed by atoms with Gasteiger partial charge >= 0.3 is 6.18 Å². The van der Waals surface area contributed by atoms with E-state index in [1.54, 1.807) is 30.3 Å². The third-order valence-electron chi connectivity index (χ3n) is 2.76. The van der Waals surface area contributed by atoms with Gasteiger partial charge in [0.1, 0.15) is 0 Å². The van der Waals surface area contributed by atoms with Crippen molar-refractivity contribution in [2.45, 2.75) is 19.0 Å². The highest BCUT2D eigenvalue weighted by atomic mass is 19.4. The van der Waals surface area contributed by atoms with Gasteiger partial charge in [0.2, 0.25) is 0 Å². The fraction of sp³-hybridized carbons (Fsp3) is 0.308. The van der Waals surface area contributed by atoms with E-state index in [4.69, 9.17) is 5.73 Å². The van der Waals surface area contributed by atoms with E-state index >= 15 is 0 Å². The SMILES string of the molecule is NCCCc1cnn(-c2ccccc2)c1C(F)(F)F. The number of benzene rings is 1. The molecule has 0 fully saturated rings. The Hall–Kier alpha value is -1.82. The summed E-state index contributed by atoms with van der Waals surface area (Å²) >= 11 is 0. The Kier molecular flexibility index (Phi) is 3.90. The van der Waals surface area contributed by atoms with Crippen LogP contribution in [0.3, 0.4) is 0 Å². The third kappa shape index (κ3) is 2.96. The van der Waals surface area contributed by atoms with Crippen molar-refractivity contribution in [3.63, 3.8) is 0 Å². The fourth-order valence-corrected chi connectivity index (χ4v) is 1.92. The smallest absolute Gasteiger partial charge is 0.330 e. The number of alkyl halides is 3. The Morgan fingerprint density at radius 1 is 1.16 bits per heavy atom. The number of para-hydroxylation sites is 1. The Balaban J connectivity index is 2.47. The van der Waals surface area contributed by atoms with Gasteiger partial charge < -0.3 is 5.73 Å². The molecule has 0 bridgehead atoms. The molecule has 1 aromatic carbocycles. The molecule has 1 heterocycles. The molecular weight excluding hydrogens is 255 g/mol. The fourth-order valence-electron chi connectivity index (χ4n) is 1.92. The Bertz CT molecular complexity index is 532. The number of rotatable bonds is 4. The maximum atomic E-state index is 13.2. The topological polar surface area (TPSA) is 43.8 Å². The van der Waals surface area contributed by atoms with Crippen LogP contribution in [0.1, 0.15) is 17.7 Å². The van der Waals surface area contributed by atoms with Crippen molar-refractivity contribution in [3.8, 4) is 5.69 Å². The maximum Gasteiger partial charge on any atom is 0.433 e. The van der Waals surface area contributed by atoms with Crippen LogP contribution in [0.15, 0.2) is 36.5 Å². The molecule has 19 heavy (non-hydrogen) atoms. The summed E-state index contributed by atoms with van der Waals surface area (Å²) in [7, 11) is 0. The molecule has 3 nitrogen and oxygen atoms in total. The molecule has 0 aliphatic carbocycles. The quantitative estimate of drug-likeness (QED) is 0.927. The van der Waals surface area contributed by atoms with Crippen LogP contribution in [-0.4, -0.2) is 16.3 Å². The Labute approximate surface area is 108 Å². The van der Waals surface area contributed by atoms with Gasteiger partial charge in [-0.3, -0.25) is 0 Å². The van der Waals surface area contributed by atoms with Gasteiger partial charge in [-0.1, -0.05) is 18.2 Å². The number of halogens is 3. The van der Waals surface area contributed by atoms with Crippen LogP contribution >= 0.6 is 0 Å². The van der Waals surface area contributed by atoms with Crippen LogP contribution in [-0.2, 0) is 12.6 Å². The molecule has 6 heteroatoms. The zero-order valence-electron chi connectivity index (χ0n) is 10.2. The second kappa shape index (κ2) is 5.44. The largest absolute Gasteiger partial charge is 0.433 e. The second-order valence-electron chi connectivity index (χ2n) is 4.16. The highest BCUT2D eigenvalue weighted by Crippen LogP contribution is 2.34. The number of aryl methyl sites for hydroxylation is 1. The van der Waals surface area contributed by atoms with Crippen LogP contribution in [0.2, 0.25) is 0 Å². The van der Waals surface area contributed by atoms with E-state index in [1.165, 1.54) is 6.20 Å². The van der Waals surface area contributed by atoms with Crippen molar-refractivity contribution < 1.29 is 13.2 Å². The van der Waals surface area contributed by atoms with E-state index in [9.17, 15) is 13.2 Å². The van der Waals surface area contributed by atoms with E-state index in [2.05, 4.69) is 5.10 Å². The van der Waals surface area contributed by atoms with E-state index in [-0.39, 0.29) is 12.0 Å². The summed E-state index contributed by atoms with van der Waals surface area (Å²) in [6.07, 6.45) is -2.39. The molecule has 2 rings (SSSR count). The molecule has 0 aliphatic heterocycles. The van der Waals surface area contributed by atoms with Gasteiger partial charge in [0.05, 0.1) is 11.9 Å². The van der Waals surface area contributed by atoms with Crippen LogP contribution in [0.25, 0.3) is 5.69 Å². The highest BCUT2D eigenvalue weighted by molar-refractivity contribution is 5.36. The van der Waals surface area contributed by atoms with Gasteiger partial charge in [-0.05, 0) is 31.5 Å². The summed E-state index contributed by atoms with van der Waals surface area (Å²) in [5.74, 6) is 0. The van der Waals surface area contributed by atoms with Crippen LogP contribution in [0.5, 0.6) is 0 Å². The maximum absolute atomic E-state index is 13.2. The minimum Gasteiger partial charge on any atom is -0.330 e. The minimum atomic E-state index is -4.43. The number of hydrogen-bond donors (Lipinski definition) is 1. The van der Waals surface area contributed by atoms with Crippen LogP contribution < -0.4 is 5.73 Å². The zero-order valence-corrected chi connectivity index (χ0v) is 10.2. The molecule has 1 aromatic heterocycles. The van der Waals surface area contributed by atoms with Gasteiger partial charge in [-0.25, -0.2) is 4.68 Å². The highest BCUT2D eigenvalue weighted by Gasteiger charge is 2.38. The molecule has 0 amide bonds. The van der Waals surface area contributed by atoms with Gasteiger partial charge in [0.15, 0.2) is 5.69 Å². The predicted molar refractivity (Wildman–Crippen MR) is 65.9 cm³/mol. The Morgan fingerprint density at radius 2 is 1.84 bits per heavy atom. The average Bonchev–Trinajstić information content (AvgIpc) is 2.81. The van der Waals surface area contributed by atoms with E-state index in [0.29, 0.717) is 18.7 Å². The van der Waals surface area contributed by atoms with E-state index < -0.39 is 11.9 Å². The van der Waals surface area contributed by atoms with Gasteiger partial charge in [-0.2, -0.15) is 18.3 Å². The van der Waals surface area contributed by atoms with Crippen molar-refractivity contribution >= 4 is 0 Å². The normalized spacial score (nSPS) is 11.8. The molecule has 0 saturated carbocycles. The van der Waals surface area contributed by atoms with E-state index in [1.807, 2.05) is 0 Å². The second-order valence-corrected chi connectivity index (χ2v) is 4.16. The molecule has 0 unspecified atom stereocenters. The number of nitrogens with two attached hydrogens (primary N) is 1. The molecule has 0 radical (unpaired) electrons. The predicted octanol–water partition coefficient (Wildman–Crippen LogP) is 2.78. The monoisotopic (exact) mass is 269 g/mol. The molecule has 0 atom stereocenters. The Morgan fingerprint density at radius 3 is 2.42 bits per heavy atom. The molecule has 0 aliphatic rings. The van der Waals surface area contributed by atoms with Crippen molar-refractivity contribution in [2.75, 3.05) is 6.54 Å². The first-order valence-corrected chi connectivity index (χ1v) is 5.93. The summed E-state index contributed by atoms with van der Waals surface area (Å²) in [6.45, 7) is 0.355. The van der Waals surface area contributed by atoms with Crippen LogP contribution in [0.4, 0.5) is 13.2 Å². The van der Waals surface area contributed by atoms with Gasteiger partial charge in [-0.15, -0.1) is 0 Å². The number of aromatic nitrogens is 2. The lowest BCUT2D eigenvalue weighted by Crippen LogP contribution is -2.16.